The van der Waals surface area contributed by atoms with Crippen LogP contribution in [-0.4, -0.2) is 53.4 Å². The first-order chi connectivity index (χ1) is 13.0. The van der Waals surface area contributed by atoms with Crippen molar-refractivity contribution in [1.29, 1.82) is 0 Å². The number of amides is 1. The number of halogens is 1. The fourth-order valence-electron chi connectivity index (χ4n) is 3.02. The number of nitro benzene ring substituents is 1. The third kappa shape index (κ3) is 5.75. The Balaban J connectivity index is 1.42. The van der Waals surface area contributed by atoms with Crippen molar-refractivity contribution in [2.75, 3.05) is 38.0 Å². The molecule has 1 heterocycles. The molecule has 142 valence electrons. The Labute approximate surface area is 162 Å². The molecule has 3 rings (SSSR count). The van der Waals surface area contributed by atoms with E-state index in [2.05, 4.69) is 15.1 Å². The number of hydrogen-bond acceptors (Lipinski definition) is 5. The predicted molar refractivity (Wildman–Crippen MR) is 105 cm³/mol. The van der Waals surface area contributed by atoms with E-state index < -0.39 is 4.92 Å². The molecule has 0 bridgehead atoms. The molecule has 0 radical (unpaired) electrons. The summed E-state index contributed by atoms with van der Waals surface area (Å²) in [6.07, 6.45) is 0. The van der Waals surface area contributed by atoms with Gasteiger partial charge in [-0.25, -0.2) is 0 Å². The molecule has 1 aliphatic heterocycles. The molecule has 1 aliphatic rings. The van der Waals surface area contributed by atoms with E-state index in [4.69, 9.17) is 11.6 Å². The van der Waals surface area contributed by atoms with Crippen molar-refractivity contribution in [2.24, 2.45) is 0 Å². The lowest BCUT2D eigenvalue weighted by molar-refractivity contribution is -0.384. The Hall–Kier alpha value is -2.48. The Kier molecular flexibility index (Phi) is 6.39. The van der Waals surface area contributed by atoms with Crippen LogP contribution in [0, 0.1) is 10.1 Å². The highest BCUT2D eigenvalue weighted by atomic mass is 35.5. The fourth-order valence-corrected chi connectivity index (χ4v) is 3.15. The number of carbonyl (C=O) groups excluding carboxylic acids is 1. The SMILES string of the molecule is O=C(CN1CCN(Cc2ccc(Cl)cc2)CC1)Nc1ccc([N+](=O)[O-])cc1. The first kappa shape index (κ1) is 19.3. The molecule has 0 aliphatic carbocycles. The number of benzene rings is 2. The van der Waals surface area contributed by atoms with Gasteiger partial charge in [-0.3, -0.25) is 24.7 Å². The number of piperazine rings is 1. The molecule has 0 aromatic heterocycles. The van der Waals surface area contributed by atoms with E-state index in [-0.39, 0.29) is 11.6 Å². The van der Waals surface area contributed by atoms with Gasteiger partial charge in [-0.2, -0.15) is 0 Å². The zero-order valence-corrected chi connectivity index (χ0v) is 15.6. The number of rotatable bonds is 6. The maximum atomic E-state index is 12.2. The van der Waals surface area contributed by atoms with Crippen LogP contribution in [0.4, 0.5) is 11.4 Å². The monoisotopic (exact) mass is 388 g/mol. The van der Waals surface area contributed by atoms with Gasteiger partial charge in [0.1, 0.15) is 0 Å². The van der Waals surface area contributed by atoms with Crippen molar-refractivity contribution in [3.05, 3.63) is 69.2 Å². The molecule has 0 spiro atoms. The molecule has 27 heavy (non-hydrogen) atoms. The molecule has 2 aromatic carbocycles. The molecule has 7 nitrogen and oxygen atoms in total. The highest BCUT2D eigenvalue weighted by molar-refractivity contribution is 6.30. The van der Waals surface area contributed by atoms with Crippen LogP contribution < -0.4 is 5.32 Å². The first-order valence-electron chi connectivity index (χ1n) is 8.73. The summed E-state index contributed by atoms with van der Waals surface area (Å²) in [5, 5.41) is 14.2. The molecule has 1 saturated heterocycles. The maximum absolute atomic E-state index is 12.2. The second kappa shape index (κ2) is 8.94. The largest absolute Gasteiger partial charge is 0.325 e. The van der Waals surface area contributed by atoms with E-state index in [0.29, 0.717) is 12.2 Å². The van der Waals surface area contributed by atoms with Crippen molar-refractivity contribution in [3.8, 4) is 0 Å². The zero-order valence-electron chi connectivity index (χ0n) is 14.8. The molecule has 0 atom stereocenters. The summed E-state index contributed by atoms with van der Waals surface area (Å²) < 4.78 is 0. The fraction of sp³-hybridized carbons (Fsp3) is 0.316. The smallest absolute Gasteiger partial charge is 0.269 e. The van der Waals surface area contributed by atoms with Crippen LogP contribution in [0.5, 0.6) is 0 Å². The van der Waals surface area contributed by atoms with Crippen LogP contribution in [-0.2, 0) is 11.3 Å². The summed E-state index contributed by atoms with van der Waals surface area (Å²) in [5.41, 5.74) is 1.79. The van der Waals surface area contributed by atoms with E-state index in [9.17, 15) is 14.9 Å². The van der Waals surface area contributed by atoms with Crippen LogP contribution in [0.1, 0.15) is 5.56 Å². The third-order valence-corrected chi connectivity index (χ3v) is 4.77. The minimum absolute atomic E-state index is 0.00445. The Bertz CT molecular complexity index is 788. The van der Waals surface area contributed by atoms with Gasteiger partial charge >= 0.3 is 0 Å². The Morgan fingerprint density at radius 2 is 1.59 bits per heavy atom. The van der Waals surface area contributed by atoms with Gasteiger partial charge in [-0.1, -0.05) is 23.7 Å². The normalized spacial score (nSPS) is 15.4. The molecular weight excluding hydrogens is 368 g/mol. The van der Waals surface area contributed by atoms with Gasteiger partial charge in [-0.15, -0.1) is 0 Å². The van der Waals surface area contributed by atoms with Gasteiger partial charge in [-0.05, 0) is 29.8 Å². The van der Waals surface area contributed by atoms with Gasteiger partial charge in [0.05, 0.1) is 11.5 Å². The van der Waals surface area contributed by atoms with Crippen molar-refractivity contribution in [2.45, 2.75) is 6.54 Å². The van der Waals surface area contributed by atoms with Crippen LogP contribution in [0.2, 0.25) is 5.02 Å². The molecular formula is C19H21ClN4O3. The summed E-state index contributed by atoms with van der Waals surface area (Å²) in [5.74, 6) is -0.116. The summed E-state index contributed by atoms with van der Waals surface area (Å²) in [4.78, 5) is 26.8. The highest BCUT2D eigenvalue weighted by Crippen LogP contribution is 2.16. The topological polar surface area (TPSA) is 78.7 Å². The molecule has 1 N–H and O–H groups in total. The summed E-state index contributed by atoms with van der Waals surface area (Å²) in [6, 6.07) is 13.7. The minimum Gasteiger partial charge on any atom is -0.325 e. The van der Waals surface area contributed by atoms with E-state index in [1.807, 2.05) is 24.3 Å². The standard InChI is InChI=1S/C19H21ClN4O3/c20-16-3-1-15(2-4-16)13-22-9-11-23(12-10-22)14-19(25)21-17-5-7-18(8-6-17)24(26)27/h1-8H,9-14H2,(H,21,25). The van der Waals surface area contributed by atoms with Crippen molar-refractivity contribution in [1.82, 2.24) is 9.80 Å². The lowest BCUT2D eigenvalue weighted by Crippen LogP contribution is -2.48. The molecule has 1 amide bonds. The van der Waals surface area contributed by atoms with E-state index >= 15 is 0 Å². The van der Waals surface area contributed by atoms with E-state index in [1.165, 1.54) is 17.7 Å². The van der Waals surface area contributed by atoms with Gasteiger partial charge in [0, 0.05) is 55.6 Å². The average Bonchev–Trinajstić information content (AvgIpc) is 2.65. The van der Waals surface area contributed by atoms with Crippen molar-refractivity contribution in [3.63, 3.8) is 0 Å². The second-order valence-corrected chi connectivity index (χ2v) is 6.97. The molecule has 0 unspecified atom stereocenters. The number of nitrogens with one attached hydrogen (secondary N) is 1. The zero-order chi connectivity index (χ0) is 19.2. The minimum atomic E-state index is -0.463. The molecule has 1 fully saturated rings. The first-order valence-corrected chi connectivity index (χ1v) is 9.11. The van der Waals surface area contributed by atoms with Crippen LogP contribution >= 0.6 is 11.6 Å². The van der Waals surface area contributed by atoms with Gasteiger partial charge < -0.3 is 5.32 Å². The number of carbonyl (C=O) groups is 1. The Morgan fingerprint density at radius 1 is 1.00 bits per heavy atom. The van der Waals surface area contributed by atoms with E-state index in [0.717, 1.165) is 37.7 Å². The summed E-state index contributed by atoms with van der Waals surface area (Å²) in [7, 11) is 0. The van der Waals surface area contributed by atoms with Gasteiger partial charge in [0.15, 0.2) is 0 Å². The maximum Gasteiger partial charge on any atom is 0.269 e. The van der Waals surface area contributed by atoms with Gasteiger partial charge in [0.25, 0.3) is 5.69 Å². The number of nitro groups is 1. The molecule has 8 heteroatoms. The lowest BCUT2D eigenvalue weighted by atomic mass is 10.2. The highest BCUT2D eigenvalue weighted by Gasteiger charge is 2.19. The van der Waals surface area contributed by atoms with E-state index in [1.54, 1.807) is 12.1 Å². The number of non-ortho nitro benzene ring substituents is 1. The second-order valence-electron chi connectivity index (χ2n) is 6.53. The predicted octanol–water partition coefficient (Wildman–Crippen LogP) is 3.00. The van der Waals surface area contributed by atoms with Crippen molar-refractivity contribution >= 4 is 28.9 Å². The number of nitrogens with zero attached hydrogens (tertiary/aromatic N) is 3. The van der Waals surface area contributed by atoms with Gasteiger partial charge in [0.2, 0.25) is 5.91 Å². The van der Waals surface area contributed by atoms with Crippen LogP contribution in [0.15, 0.2) is 48.5 Å². The third-order valence-electron chi connectivity index (χ3n) is 4.51. The quantitative estimate of drug-likeness (QED) is 0.608. The number of anilines is 1. The summed E-state index contributed by atoms with van der Waals surface area (Å²) in [6.45, 7) is 4.62. The Morgan fingerprint density at radius 3 is 2.19 bits per heavy atom. The average molecular weight is 389 g/mol. The molecule has 2 aromatic rings. The lowest BCUT2D eigenvalue weighted by Gasteiger charge is -2.34. The molecule has 0 saturated carbocycles. The van der Waals surface area contributed by atoms with Crippen LogP contribution in [0.25, 0.3) is 0 Å². The summed E-state index contributed by atoms with van der Waals surface area (Å²) >= 11 is 5.91. The van der Waals surface area contributed by atoms with Crippen LogP contribution in [0.3, 0.4) is 0 Å². The van der Waals surface area contributed by atoms with Crippen molar-refractivity contribution < 1.29 is 9.72 Å². The number of hydrogen-bond donors (Lipinski definition) is 1.